The summed E-state index contributed by atoms with van der Waals surface area (Å²) in [7, 11) is 0. The minimum absolute atomic E-state index is 0.0328. The number of carbonyl (C=O) groups excluding carboxylic acids is 3. The third-order valence-corrected chi connectivity index (χ3v) is 15.1. The zero-order chi connectivity index (χ0) is 33.9. The zero-order valence-corrected chi connectivity index (χ0v) is 29.9. The Morgan fingerprint density at radius 1 is 0.783 bits per heavy atom. The molecule has 6 heteroatoms. The Labute approximate surface area is 278 Å². The van der Waals surface area contributed by atoms with Gasteiger partial charge in [0.2, 0.25) is 5.91 Å². The van der Waals surface area contributed by atoms with Crippen molar-refractivity contribution in [3.05, 3.63) is 37.5 Å². The van der Waals surface area contributed by atoms with Gasteiger partial charge < -0.3 is 14.4 Å². The molecule has 256 valence electrons. The second kappa shape index (κ2) is 12.3. The number of hydrogen-bond donors (Lipinski definition) is 0. The first-order valence-electron chi connectivity index (χ1n) is 18.0. The van der Waals surface area contributed by atoms with E-state index >= 15 is 0 Å². The van der Waals surface area contributed by atoms with E-state index in [1.807, 2.05) is 17.1 Å². The largest absolute Gasteiger partial charge is 0.465 e. The van der Waals surface area contributed by atoms with Gasteiger partial charge in [-0.25, -0.2) is 0 Å². The second-order valence-electron chi connectivity index (χ2n) is 17.1. The van der Waals surface area contributed by atoms with E-state index in [2.05, 4.69) is 54.4 Å². The maximum atomic E-state index is 14.6. The number of rotatable bonds is 9. The summed E-state index contributed by atoms with van der Waals surface area (Å²) in [5, 5.41) is 0. The van der Waals surface area contributed by atoms with Crippen molar-refractivity contribution in [2.24, 2.45) is 56.7 Å². The molecular formula is C40H61NO5. The molecule has 0 aromatic carbocycles. The number of carbonyl (C=O) groups is 3. The van der Waals surface area contributed by atoms with Crippen molar-refractivity contribution in [3.63, 3.8) is 0 Å². The smallest absolute Gasteiger partial charge is 0.302 e. The highest BCUT2D eigenvalue weighted by molar-refractivity contribution is 5.84. The molecule has 1 amide bonds. The van der Waals surface area contributed by atoms with Gasteiger partial charge in [-0.05, 0) is 117 Å². The maximum Gasteiger partial charge on any atom is 0.302 e. The van der Waals surface area contributed by atoms with Crippen LogP contribution < -0.4 is 0 Å². The molecule has 11 atom stereocenters. The Morgan fingerprint density at radius 2 is 1.46 bits per heavy atom. The van der Waals surface area contributed by atoms with Gasteiger partial charge in [0, 0.05) is 32.4 Å². The van der Waals surface area contributed by atoms with Crippen LogP contribution in [0.25, 0.3) is 0 Å². The van der Waals surface area contributed by atoms with Gasteiger partial charge in [-0.1, -0.05) is 52.0 Å². The van der Waals surface area contributed by atoms with Crippen LogP contribution in [-0.2, 0) is 23.9 Å². The van der Waals surface area contributed by atoms with Crippen molar-refractivity contribution in [1.29, 1.82) is 0 Å². The molecule has 0 saturated heterocycles. The van der Waals surface area contributed by atoms with Crippen LogP contribution in [0.15, 0.2) is 37.5 Å². The lowest BCUT2D eigenvalue weighted by molar-refractivity contribution is -0.256. The molecule has 0 radical (unpaired) electrons. The first kappa shape index (κ1) is 35.0. The fourth-order valence-electron chi connectivity index (χ4n) is 13.0. The van der Waals surface area contributed by atoms with Crippen LogP contribution in [0.1, 0.15) is 113 Å². The molecule has 6 nitrogen and oxygen atoms in total. The summed E-state index contributed by atoms with van der Waals surface area (Å²) < 4.78 is 11.7. The monoisotopic (exact) mass is 635 g/mol. The predicted molar refractivity (Wildman–Crippen MR) is 182 cm³/mol. The molecule has 0 spiro atoms. The number of ether oxygens (including phenoxy) is 2. The molecule has 0 aromatic heterocycles. The molecule has 5 saturated carbocycles. The highest BCUT2D eigenvalue weighted by atomic mass is 16.6. The summed E-state index contributed by atoms with van der Waals surface area (Å²) in [5.41, 5.74) is 0.679. The number of fused-ring (bicyclic) bond motifs is 7. The van der Waals surface area contributed by atoms with Crippen molar-refractivity contribution in [2.75, 3.05) is 19.7 Å². The standard InChI is InChI=1S/C40H61NO5/c1-11-23-41(24-12-2)35(44)40-20-15-29(26(3)4)34(40)30-13-14-32-36(7)18-17-33(46-28(6)43)37(8,25-45-27(5)42)31(36)16-19-39(32,10)38(30,9)21-22-40/h11-12,29-34H,1-3,13-25H2,4-10H3/t29-,30?,31?,32?,33-,34?,36-,37-,38+,39+,40-/m0/s1. The van der Waals surface area contributed by atoms with Gasteiger partial charge in [-0.2, -0.15) is 0 Å². The van der Waals surface area contributed by atoms with E-state index in [1.165, 1.54) is 19.4 Å². The van der Waals surface area contributed by atoms with E-state index in [-0.39, 0.29) is 52.2 Å². The summed E-state index contributed by atoms with van der Waals surface area (Å²) in [6.45, 7) is 28.9. The van der Waals surface area contributed by atoms with Gasteiger partial charge >= 0.3 is 11.9 Å². The minimum Gasteiger partial charge on any atom is -0.465 e. The molecule has 4 unspecified atom stereocenters. The number of hydrogen-bond acceptors (Lipinski definition) is 5. The van der Waals surface area contributed by atoms with Gasteiger partial charge in [0.05, 0.1) is 5.41 Å². The molecule has 0 aromatic rings. The fraction of sp³-hybridized carbons (Fsp3) is 0.775. The summed E-state index contributed by atoms with van der Waals surface area (Å²) in [4.78, 5) is 40.9. The molecule has 5 rings (SSSR count). The lowest BCUT2D eigenvalue weighted by Crippen LogP contribution is -2.68. The minimum atomic E-state index is -0.437. The number of esters is 2. The molecule has 5 fully saturated rings. The van der Waals surface area contributed by atoms with Crippen molar-refractivity contribution < 1.29 is 23.9 Å². The summed E-state index contributed by atoms with van der Waals surface area (Å²) in [5.74, 6) is 1.65. The Morgan fingerprint density at radius 3 is 2.04 bits per heavy atom. The third-order valence-electron chi connectivity index (χ3n) is 15.1. The van der Waals surface area contributed by atoms with Crippen molar-refractivity contribution >= 4 is 17.8 Å². The van der Waals surface area contributed by atoms with Crippen LogP contribution in [0.5, 0.6) is 0 Å². The van der Waals surface area contributed by atoms with E-state index in [1.54, 1.807) is 0 Å². The molecule has 0 aliphatic heterocycles. The second-order valence-corrected chi connectivity index (χ2v) is 17.1. The molecule has 0 bridgehead atoms. The highest BCUT2D eigenvalue weighted by Gasteiger charge is 2.72. The van der Waals surface area contributed by atoms with Gasteiger partial charge in [0.1, 0.15) is 12.7 Å². The lowest BCUT2D eigenvalue weighted by Gasteiger charge is -2.73. The Bertz CT molecular complexity index is 1260. The lowest BCUT2D eigenvalue weighted by atomic mass is 9.32. The van der Waals surface area contributed by atoms with Crippen LogP contribution >= 0.6 is 0 Å². The Kier molecular flexibility index (Phi) is 9.31. The van der Waals surface area contributed by atoms with Gasteiger partial charge in [-0.3, -0.25) is 14.4 Å². The number of nitrogens with zero attached hydrogens (tertiary/aromatic N) is 1. The molecule has 5 aliphatic rings. The van der Waals surface area contributed by atoms with Crippen LogP contribution in [-0.4, -0.2) is 48.5 Å². The third kappa shape index (κ3) is 5.05. The predicted octanol–water partition coefficient (Wildman–Crippen LogP) is 8.32. The topological polar surface area (TPSA) is 72.9 Å². The maximum absolute atomic E-state index is 14.6. The quantitative estimate of drug-likeness (QED) is 0.188. The Balaban J connectivity index is 1.53. The summed E-state index contributed by atoms with van der Waals surface area (Å²) in [6.07, 6.45) is 13.6. The van der Waals surface area contributed by atoms with E-state index in [0.717, 1.165) is 64.2 Å². The van der Waals surface area contributed by atoms with E-state index in [9.17, 15) is 14.4 Å². The zero-order valence-electron chi connectivity index (χ0n) is 29.9. The van der Waals surface area contributed by atoms with E-state index in [0.29, 0.717) is 42.7 Å². The first-order chi connectivity index (χ1) is 21.6. The van der Waals surface area contributed by atoms with Crippen LogP contribution in [0, 0.1) is 56.7 Å². The number of allylic oxidation sites excluding steroid dienone is 1. The van der Waals surface area contributed by atoms with Crippen molar-refractivity contribution in [3.8, 4) is 0 Å². The van der Waals surface area contributed by atoms with Crippen LogP contribution in [0.4, 0.5) is 0 Å². The molecular weight excluding hydrogens is 574 g/mol. The average molecular weight is 636 g/mol. The highest BCUT2D eigenvalue weighted by Crippen LogP contribution is 2.77. The number of amides is 1. The molecule has 0 heterocycles. The Hall–Kier alpha value is -2.37. The summed E-state index contributed by atoms with van der Waals surface area (Å²) in [6, 6.07) is 0. The van der Waals surface area contributed by atoms with Crippen LogP contribution in [0.3, 0.4) is 0 Å². The van der Waals surface area contributed by atoms with Gasteiger partial charge in [0.25, 0.3) is 0 Å². The SMILES string of the molecule is C=CCN(CC=C)C(=O)[C@]12CC[C@@H](C(=C)C)C1C1CCC3[C@@]4(C)CC[C@H](OC(C)=O)[C@@](C)(COC(C)=O)C4CC[C@@]3(C)[C@]1(C)CC2. The van der Waals surface area contributed by atoms with E-state index < -0.39 is 5.41 Å². The fourth-order valence-corrected chi connectivity index (χ4v) is 13.0. The van der Waals surface area contributed by atoms with Gasteiger partial charge in [0.15, 0.2) is 0 Å². The average Bonchev–Trinajstić information content (AvgIpc) is 3.39. The van der Waals surface area contributed by atoms with Gasteiger partial charge in [-0.15, -0.1) is 13.2 Å². The summed E-state index contributed by atoms with van der Waals surface area (Å²) >= 11 is 0. The molecule has 0 N–H and O–H groups in total. The molecule has 46 heavy (non-hydrogen) atoms. The molecule has 5 aliphatic carbocycles. The van der Waals surface area contributed by atoms with Crippen molar-refractivity contribution in [1.82, 2.24) is 4.90 Å². The normalized spacial score (nSPS) is 44.3. The van der Waals surface area contributed by atoms with E-state index in [4.69, 9.17) is 9.47 Å². The van der Waals surface area contributed by atoms with Crippen molar-refractivity contribution in [2.45, 2.75) is 119 Å². The van der Waals surface area contributed by atoms with Crippen LogP contribution in [0.2, 0.25) is 0 Å². The first-order valence-corrected chi connectivity index (χ1v) is 18.0.